The van der Waals surface area contributed by atoms with E-state index in [9.17, 15) is 0 Å². The van der Waals surface area contributed by atoms with Gasteiger partial charge in [-0.3, -0.25) is 4.98 Å². The first kappa shape index (κ1) is 12.1. The van der Waals surface area contributed by atoms with Crippen LogP contribution in [0, 0.1) is 6.92 Å². The molecule has 1 atom stereocenters. The van der Waals surface area contributed by atoms with Crippen LogP contribution in [0.1, 0.15) is 36.9 Å². The first-order valence-electron chi connectivity index (χ1n) is 6.27. The van der Waals surface area contributed by atoms with Crippen molar-refractivity contribution in [2.45, 2.75) is 32.7 Å². The molecule has 1 aliphatic heterocycles. The number of likely N-dealkylation sites (N-methyl/N-ethyl adjacent to an activating group) is 1. The van der Waals surface area contributed by atoms with E-state index in [1.54, 1.807) is 0 Å². The summed E-state index contributed by atoms with van der Waals surface area (Å²) in [6, 6.07) is 2.30. The molecule has 1 N–H and O–H groups in total. The average molecular weight is 232 g/mol. The molecular formula is C14H20N2O. The maximum Gasteiger partial charge on any atom is 0.0876 e. The molecule has 0 spiro atoms. The van der Waals surface area contributed by atoms with Crippen molar-refractivity contribution in [3.8, 4) is 0 Å². The van der Waals surface area contributed by atoms with Gasteiger partial charge in [-0.2, -0.15) is 0 Å². The zero-order valence-corrected chi connectivity index (χ0v) is 10.6. The normalized spacial score (nSPS) is 17.2. The SMILES string of the molecule is CCNC(C1=COCCC1)c1cnccc1C. The van der Waals surface area contributed by atoms with Crippen LogP contribution in [-0.4, -0.2) is 18.1 Å². The van der Waals surface area contributed by atoms with Gasteiger partial charge in [0.2, 0.25) is 0 Å². The first-order chi connectivity index (χ1) is 8.33. The third kappa shape index (κ3) is 2.86. The van der Waals surface area contributed by atoms with E-state index in [0.29, 0.717) is 0 Å². The molecule has 3 heteroatoms. The van der Waals surface area contributed by atoms with Gasteiger partial charge < -0.3 is 10.1 Å². The van der Waals surface area contributed by atoms with E-state index in [4.69, 9.17) is 4.74 Å². The van der Waals surface area contributed by atoms with Crippen LogP contribution in [0.25, 0.3) is 0 Å². The van der Waals surface area contributed by atoms with Crippen LogP contribution in [0.4, 0.5) is 0 Å². The number of pyridine rings is 1. The number of nitrogens with one attached hydrogen (secondary N) is 1. The van der Waals surface area contributed by atoms with Crippen LogP contribution in [0.3, 0.4) is 0 Å². The second-order valence-electron chi connectivity index (χ2n) is 4.39. The predicted octanol–water partition coefficient (Wildman–Crippen LogP) is 2.73. The lowest BCUT2D eigenvalue weighted by Crippen LogP contribution is -2.25. The first-order valence-corrected chi connectivity index (χ1v) is 6.27. The highest BCUT2D eigenvalue weighted by molar-refractivity contribution is 5.32. The number of aryl methyl sites for hydroxylation is 1. The predicted molar refractivity (Wildman–Crippen MR) is 68.7 cm³/mol. The molecule has 1 aromatic heterocycles. The van der Waals surface area contributed by atoms with Gasteiger partial charge >= 0.3 is 0 Å². The highest BCUT2D eigenvalue weighted by atomic mass is 16.5. The molecule has 0 aliphatic carbocycles. The van der Waals surface area contributed by atoms with Crippen molar-refractivity contribution in [1.29, 1.82) is 0 Å². The van der Waals surface area contributed by atoms with E-state index >= 15 is 0 Å². The number of nitrogens with zero attached hydrogens (tertiary/aromatic N) is 1. The van der Waals surface area contributed by atoms with Gasteiger partial charge in [-0.25, -0.2) is 0 Å². The van der Waals surface area contributed by atoms with E-state index in [0.717, 1.165) is 26.0 Å². The fraction of sp³-hybridized carbons (Fsp3) is 0.500. The lowest BCUT2D eigenvalue weighted by atomic mass is 9.94. The molecule has 17 heavy (non-hydrogen) atoms. The van der Waals surface area contributed by atoms with Gasteiger partial charge in [0.05, 0.1) is 18.9 Å². The molecule has 0 radical (unpaired) electrons. The van der Waals surface area contributed by atoms with Crippen molar-refractivity contribution >= 4 is 0 Å². The number of hydrogen-bond acceptors (Lipinski definition) is 3. The maximum atomic E-state index is 5.45. The summed E-state index contributed by atoms with van der Waals surface area (Å²) in [6.07, 6.45) is 7.92. The topological polar surface area (TPSA) is 34.1 Å². The third-order valence-corrected chi connectivity index (χ3v) is 3.13. The fourth-order valence-electron chi connectivity index (χ4n) is 2.22. The van der Waals surface area contributed by atoms with Crippen molar-refractivity contribution in [1.82, 2.24) is 10.3 Å². The molecule has 3 nitrogen and oxygen atoms in total. The summed E-state index contributed by atoms with van der Waals surface area (Å²) in [7, 11) is 0. The molecule has 0 bridgehead atoms. The van der Waals surface area contributed by atoms with E-state index < -0.39 is 0 Å². The molecule has 92 valence electrons. The van der Waals surface area contributed by atoms with E-state index in [-0.39, 0.29) is 6.04 Å². The summed E-state index contributed by atoms with van der Waals surface area (Å²) < 4.78 is 5.45. The number of hydrogen-bond donors (Lipinski definition) is 1. The van der Waals surface area contributed by atoms with Gasteiger partial charge in [0.15, 0.2) is 0 Å². The Balaban J connectivity index is 2.28. The Morgan fingerprint density at radius 3 is 3.06 bits per heavy atom. The Morgan fingerprint density at radius 2 is 2.41 bits per heavy atom. The molecule has 2 heterocycles. The van der Waals surface area contributed by atoms with E-state index in [1.807, 2.05) is 18.7 Å². The monoisotopic (exact) mass is 232 g/mol. The zero-order valence-electron chi connectivity index (χ0n) is 10.6. The molecular weight excluding hydrogens is 212 g/mol. The second kappa shape index (κ2) is 5.82. The van der Waals surface area contributed by atoms with Gasteiger partial charge in [-0.05, 0) is 49.1 Å². The Morgan fingerprint density at radius 1 is 1.53 bits per heavy atom. The van der Waals surface area contributed by atoms with Crippen molar-refractivity contribution < 1.29 is 4.74 Å². The summed E-state index contributed by atoms with van der Waals surface area (Å²) in [5.74, 6) is 0. The minimum atomic E-state index is 0.244. The summed E-state index contributed by atoms with van der Waals surface area (Å²) in [4.78, 5) is 4.24. The summed E-state index contributed by atoms with van der Waals surface area (Å²) in [5.41, 5.74) is 3.86. The van der Waals surface area contributed by atoms with Crippen LogP contribution in [-0.2, 0) is 4.74 Å². The van der Waals surface area contributed by atoms with Gasteiger partial charge in [-0.1, -0.05) is 6.92 Å². The fourth-order valence-corrected chi connectivity index (χ4v) is 2.22. The van der Waals surface area contributed by atoms with Crippen molar-refractivity contribution in [3.05, 3.63) is 41.4 Å². The Kier molecular flexibility index (Phi) is 4.15. The minimum absolute atomic E-state index is 0.244. The molecule has 1 unspecified atom stereocenters. The maximum absolute atomic E-state index is 5.45. The molecule has 0 aromatic carbocycles. The van der Waals surface area contributed by atoms with Crippen LogP contribution in [0.15, 0.2) is 30.3 Å². The minimum Gasteiger partial charge on any atom is -0.501 e. The quantitative estimate of drug-likeness (QED) is 0.866. The van der Waals surface area contributed by atoms with Crippen molar-refractivity contribution in [3.63, 3.8) is 0 Å². The van der Waals surface area contributed by atoms with E-state index in [2.05, 4.69) is 30.2 Å². The van der Waals surface area contributed by atoms with Crippen LogP contribution >= 0.6 is 0 Å². The standard InChI is InChI=1S/C14H20N2O/c1-3-16-14(12-5-4-8-17-10-12)13-9-15-7-6-11(13)2/h6-7,9-10,14,16H,3-5,8H2,1-2H3. The molecule has 1 aromatic rings. The van der Waals surface area contributed by atoms with Crippen LogP contribution in [0.2, 0.25) is 0 Å². The summed E-state index contributed by atoms with van der Waals surface area (Å²) in [6.45, 7) is 6.04. The van der Waals surface area contributed by atoms with Crippen molar-refractivity contribution in [2.24, 2.45) is 0 Å². The lowest BCUT2D eigenvalue weighted by Gasteiger charge is -2.25. The molecule has 0 saturated carbocycles. The average Bonchev–Trinajstić information content (AvgIpc) is 2.38. The Bertz CT molecular complexity index is 401. The van der Waals surface area contributed by atoms with Gasteiger partial charge in [0.25, 0.3) is 0 Å². The van der Waals surface area contributed by atoms with Gasteiger partial charge in [0.1, 0.15) is 0 Å². The second-order valence-corrected chi connectivity index (χ2v) is 4.39. The van der Waals surface area contributed by atoms with Gasteiger partial charge in [0, 0.05) is 12.4 Å². The van der Waals surface area contributed by atoms with E-state index in [1.165, 1.54) is 16.7 Å². The lowest BCUT2D eigenvalue weighted by molar-refractivity contribution is 0.219. The Labute approximate surface area is 103 Å². The third-order valence-electron chi connectivity index (χ3n) is 3.13. The Hall–Kier alpha value is -1.35. The van der Waals surface area contributed by atoms with Crippen LogP contribution < -0.4 is 5.32 Å². The molecule has 0 amide bonds. The number of rotatable bonds is 4. The molecule has 0 fully saturated rings. The smallest absolute Gasteiger partial charge is 0.0876 e. The van der Waals surface area contributed by atoms with Crippen molar-refractivity contribution in [2.75, 3.05) is 13.2 Å². The number of aromatic nitrogens is 1. The zero-order chi connectivity index (χ0) is 12.1. The molecule has 1 aliphatic rings. The van der Waals surface area contributed by atoms with Gasteiger partial charge in [-0.15, -0.1) is 0 Å². The highest BCUT2D eigenvalue weighted by Gasteiger charge is 2.19. The van der Waals surface area contributed by atoms with Crippen LogP contribution in [0.5, 0.6) is 0 Å². The summed E-state index contributed by atoms with van der Waals surface area (Å²) >= 11 is 0. The summed E-state index contributed by atoms with van der Waals surface area (Å²) in [5, 5.41) is 3.52. The highest BCUT2D eigenvalue weighted by Crippen LogP contribution is 2.28. The molecule has 2 rings (SSSR count). The largest absolute Gasteiger partial charge is 0.501 e. The molecule has 0 saturated heterocycles. The number of ether oxygens (including phenoxy) is 1.